The SMILES string of the molecule is CC1=C[C@@H](O)C[C@@H](F)Cc2nc(n[nH]2)C(=O)N2CCC[C@@H]2C(=O)O[C@H](C(C)C)[C@H](C)/C=C/C(=O)NCC=C1. The fraction of sp³-hybridized carbons (Fsp3) is 0.593. The van der Waals surface area contributed by atoms with Crippen molar-refractivity contribution in [1.82, 2.24) is 25.4 Å². The van der Waals surface area contributed by atoms with Crippen molar-refractivity contribution < 1.29 is 28.6 Å². The van der Waals surface area contributed by atoms with Crippen LogP contribution in [0.15, 0.2) is 36.0 Å². The van der Waals surface area contributed by atoms with Crippen molar-refractivity contribution in [2.75, 3.05) is 13.1 Å². The van der Waals surface area contributed by atoms with E-state index in [2.05, 4.69) is 20.5 Å². The third-order valence-electron chi connectivity index (χ3n) is 6.63. The molecule has 10 nitrogen and oxygen atoms in total. The molecule has 2 aliphatic rings. The number of esters is 1. The summed E-state index contributed by atoms with van der Waals surface area (Å²) < 4.78 is 20.5. The van der Waals surface area contributed by atoms with E-state index in [-0.39, 0.29) is 48.8 Å². The Balaban J connectivity index is 1.85. The Morgan fingerprint density at radius 2 is 2.00 bits per heavy atom. The molecule has 1 aromatic rings. The molecule has 5 atom stereocenters. The Morgan fingerprint density at radius 3 is 2.74 bits per heavy atom. The van der Waals surface area contributed by atoms with Crippen molar-refractivity contribution in [3.8, 4) is 0 Å². The van der Waals surface area contributed by atoms with E-state index in [0.717, 1.165) is 5.57 Å². The second-order valence-electron chi connectivity index (χ2n) is 10.3. The number of aromatic nitrogens is 3. The van der Waals surface area contributed by atoms with Crippen LogP contribution in [-0.4, -0.2) is 80.5 Å². The molecule has 1 saturated heterocycles. The largest absolute Gasteiger partial charge is 0.460 e. The Bertz CT molecular complexity index is 1080. The number of carbonyl (C=O) groups is 3. The van der Waals surface area contributed by atoms with Crippen molar-refractivity contribution >= 4 is 17.8 Å². The number of cyclic esters (lactones) is 1. The Labute approximate surface area is 222 Å². The topological polar surface area (TPSA) is 138 Å². The molecule has 208 valence electrons. The van der Waals surface area contributed by atoms with E-state index >= 15 is 0 Å². The number of halogens is 1. The maximum absolute atomic E-state index is 14.6. The minimum absolute atomic E-state index is 0.0287. The normalized spacial score (nSPS) is 29.4. The third kappa shape index (κ3) is 8.08. The van der Waals surface area contributed by atoms with Gasteiger partial charge in [-0.2, -0.15) is 0 Å². The summed E-state index contributed by atoms with van der Waals surface area (Å²) in [6, 6.07) is -0.780. The number of nitrogens with zero attached hydrogens (tertiary/aromatic N) is 3. The summed E-state index contributed by atoms with van der Waals surface area (Å²) in [6.07, 6.45) is 5.92. The number of ether oxygens (including phenoxy) is 1. The molecule has 3 heterocycles. The summed E-state index contributed by atoms with van der Waals surface area (Å²) in [7, 11) is 0. The zero-order chi connectivity index (χ0) is 27.8. The van der Waals surface area contributed by atoms with Crippen LogP contribution < -0.4 is 5.32 Å². The van der Waals surface area contributed by atoms with Gasteiger partial charge in [-0.1, -0.05) is 50.6 Å². The van der Waals surface area contributed by atoms with Crippen LogP contribution >= 0.6 is 0 Å². The highest BCUT2D eigenvalue weighted by atomic mass is 19.1. The van der Waals surface area contributed by atoms with Crippen molar-refractivity contribution in [2.45, 2.75) is 77.8 Å². The van der Waals surface area contributed by atoms with Crippen LogP contribution in [0.5, 0.6) is 0 Å². The molecule has 2 aliphatic heterocycles. The van der Waals surface area contributed by atoms with Gasteiger partial charge in [-0.25, -0.2) is 14.2 Å². The number of nitrogens with one attached hydrogen (secondary N) is 2. The van der Waals surface area contributed by atoms with E-state index in [1.807, 2.05) is 20.8 Å². The number of H-pyrrole nitrogens is 1. The van der Waals surface area contributed by atoms with Gasteiger partial charge in [0.25, 0.3) is 5.91 Å². The fourth-order valence-corrected chi connectivity index (χ4v) is 4.72. The highest BCUT2D eigenvalue weighted by molar-refractivity contribution is 5.94. The van der Waals surface area contributed by atoms with Crippen LogP contribution in [-0.2, 0) is 20.7 Å². The zero-order valence-corrected chi connectivity index (χ0v) is 22.4. The minimum Gasteiger partial charge on any atom is -0.460 e. The van der Waals surface area contributed by atoms with Gasteiger partial charge in [-0.3, -0.25) is 14.7 Å². The number of aliphatic hydroxyl groups is 1. The number of carbonyl (C=O) groups excluding carboxylic acids is 3. The summed E-state index contributed by atoms with van der Waals surface area (Å²) in [6.45, 7) is 8.11. The highest BCUT2D eigenvalue weighted by Gasteiger charge is 2.39. The summed E-state index contributed by atoms with van der Waals surface area (Å²) in [5.74, 6) is -1.58. The number of aliphatic hydroxyl groups excluding tert-OH is 1. The fourth-order valence-electron chi connectivity index (χ4n) is 4.72. The van der Waals surface area contributed by atoms with E-state index in [9.17, 15) is 23.9 Å². The van der Waals surface area contributed by atoms with Gasteiger partial charge in [-0.05, 0) is 31.8 Å². The smallest absolute Gasteiger partial charge is 0.329 e. The molecule has 3 rings (SSSR count). The number of amides is 2. The molecule has 38 heavy (non-hydrogen) atoms. The quantitative estimate of drug-likeness (QED) is 0.473. The summed E-state index contributed by atoms with van der Waals surface area (Å²) >= 11 is 0. The molecule has 0 aromatic carbocycles. The molecule has 0 radical (unpaired) electrons. The van der Waals surface area contributed by atoms with Crippen molar-refractivity contribution in [2.24, 2.45) is 11.8 Å². The standard InChI is InChI=1S/C27H38FN5O5/c1-16(2)24-18(4)9-10-23(35)29-11-5-7-17(3)13-20(34)14-19(28)15-22-30-25(32-31-22)26(36)33-12-6-8-21(33)27(37)38-24/h5,7,9-10,13,16,18-21,24,34H,6,8,11-12,14-15H2,1-4H3,(H,29,35)(H,30,31,32)/b7-5?,10-9+,17-13?/t18-,19-,20-,21-,24-/m1/s1. The summed E-state index contributed by atoms with van der Waals surface area (Å²) in [4.78, 5) is 44.1. The molecule has 2 amide bonds. The molecule has 0 spiro atoms. The third-order valence-corrected chi connectivity index (χ3v) is 6.63. The van der Waals surface area contributed by atoms with E-state index in [1.165, 1.54) is 17.1 Å². The van der Waals surface area contributed by atoms with E-state index in [4.69, 9.17) is 4.74 Å². The van der Waals surface area contributed by atoms with E-state index in [1.54, 1.807) is 25.2 Å². The first-order valence-electron chi connectivity index (χ1n) is 13.1. The number of alkyl halides is 1. The van der Waals surface area contributed by atoms with Gasteiger partial charge >= 0.3 is 5.97 Å². The number of rotatable bonds is 1. The molecule has 0 saturated carbocycles. The molecule has 11 heteroatoms. The number of hydrogen-bond donors (Lipinski definition) is 3. The van der Waals surface area contributed by atoms with Crippen molar-refractivity contribution in [3.05, 3.63) is 47.6 Å². The van der Waals surface area contributed by atoms with Gasteiger partial charge in [0, 0.05) is 31.8 Å². The average molecular weight is 532 g/mol. The summed E-state index contributed by atoms with van der Waals surface area (Å²) in [5, 5.41) is 19.5. The second kappa shape index (κ2) is 13.5. The Hall–Kier alpha value is -3.34. The van der Waals surface area contributed by atoms with Crippen LogP contribution in [0.3, 0.4) is 0 Å². The van der Waals surface area contributed by atoms with E-state index in [0.29, 0.717) is 19.4 Å². The van der Waals surface area contributed by atoms with Crippen molar-refractivity contribution in [3.63, 3.8) is 0 Å². The van der Waals surface area contributed by atoms with Crippen LogP contribution in [0.1, 0.15) is 63.4 Å². The van der Waals surface area contributed by atoms with Gasteiger partial charge in [-0.15, -0.1) is 5.10 Å². The maximum atomic E-state index is 14.6. The van der Waals surface area contributed by atoms with Gasteiger partial charge in [0.15, 0.2) is 0 Å². The van der Waals surface area contributed by atoms with Gasteiger partial charge < -0.3 is 20.1 Å². The minimum atomic E-state index is -1.42. The van der Waals surface area contributed by atoms with Gasteiger partial charge in [0.1, 0.15) is 24.1 Å². The lowest BCUT2D eigenvalue weighted by Gasteiger charge is -2.29. The Morgan fingerprint density at radius 1 is 1.24 bits per heavy atom. The van der Waals surface area contributed by atoms with Crippen molar-refractivity contribution in [1.29, 1.82) is 0 Å². The molecular weight excluding hydrogens is 493 g/mol. The molecule has 0 unspecified atom stereocenters. The lowest BCUT2D eigenvalue weighted by molar-refractivity contribution is -0.158. The molecule has 1 fully saturated rings. The first-order valence-corrected chi connectivity index (χ1v) is 13.1. The molecule has 0 aliphatic carbocycles. The number of fused-ring (bicyclic) bond motifs is 3. The number of aromatic amines is 1. The lowest BCUT2D eigenvalue weighted by Crippen LogP contribution is -2.44. The monoisotopic (exact) mass is 531 g/mol. The predicted octanol–water partition coefficient (Wildman–Crippen LogP) is 2.43. The van der Waals surface area contributed by atoms with Crippen LogP contribution in [0.2, 0.25) is 0 Å². The molecule has 2 bridgehead atoms. The van der Waals surface area contributed by atoms with Crippen LogP contribution in [0, 0.1) is 11.8 Å². The average Bonchev–Trinajstić information content (AvgIpc) is 3.52. The van der Waals surface area contributed by atoms with Gasteiger partial charge in [0.05, 0.1) is 6.10 Å². The van der Waals surface area contributed by atoms with Crippen LogP contribution in [0.4, 0.5) is 4.39 Å². The number of hydrogen-bond acceptors (Lipinski definition) is 7. The molecular formula is C27H38FN5O5. The second-order valence-corrected chi connectivity index (χ2v) is 10.3. The van der Waals surface area contributed by atoms with E-state index < -0.39 is 36.3 Å². The van der Waals surface area contributed by atoms with Crippen LogP contribution in [0.25, 0.3) is 0 Å². The predicted molar refractivity (Wildman–Crippen MR) is 139 cm³/mol. The Kier molecular flexibility index (Phi) is 10.3. The zero-order valence-electron chi connectivity index (χ0n) is 22.4. The molecule has 3 N–H and O–H groups in total. The van der Waals surface area contributed by atoms with Gasteiger partial charge in [0.2, 0.25) is 11.7 Å². The highest BCUT2D eigenvalue weighted by Crippen LogP contribution is 2.25. The molecule has 1 aromatic heterocycles. The number of allylic oxidation sites excluding steroid dienone is 2. The first-order chi connectivity index (χ1) is 18.0. The summed E-state index contributed by atoms with van der Waals surface area (Å²) in [5.41, 5.74) is 0.718. The maximum Gasteiger partial charge on any atom is 0.329 e. The first kappa shape index (κ1) is 29.2. The lowest BCUT2D eigenvalue weighted by atomic mass is 9.94.